The number of aryl methyl sites for hydroxylation is 1. The van der Waals surface area contributed by atoms with E-state index >= 15 is 0 Å². The molecule has 0 N–H and O–H groups in total. The lowest BCUT2D eigenvalue weighted by Crippen LogP contribution is -2.37. The van der Waals surface area contributed by atoms with Crippen molar-refractivity contribution in [3.05, 3.63) is 90.0 Å². The van der Waals surface area contributed by atoms with Crippen molar-refractivity contribution in [3.63, 3.8) is 0 Å². The molecular formula is C21H19NO4S. The van der Waals surface area contributed by atoms with Crippen LogP contribution in [0.3, 0.4) is 0 Å². The summed E-state index contributed by atoms with van der Waals surface area (Å²) < 4.78 is 32.4. The second-order valence-corrected chi connectivity index (χ2v) is 7.74. The summed E-state index contributed by atoms with van der Waals surface area (Å²) in [5.41, 5.74) is 1.49. The van der Waals surface area contributed by atoms with Crippen LogP contribution in [0.5, 0.6) is 5.75 Å². The highest BCUT2D eigenvalue weighted by Crippen LogP contribution is 2.27. The van der Waals surface area contributed by atoms with E-state index in [1.807, 2.05) is 6.92 Å². The van der Waals surface area contributed by atoms with Gasteiger partial charge in [-0.25, -0.2) is 8.42 Å². The summed E-state index contributed by atoms with van der Waals surface area (Å²) in [6.45, 7) is 1.89. The standard InChI is InChI=1S/C21H19NO4S/c1-16-8-12-18(13-9-16)22(27(24,25)20-6-4-3-5-7-20)21(23)17-10-14-19(26-2)15-11-17/h3-15H,1-2H3. The van der Waals surface area contributed by atoms with Crippen molar-refractivity contribution in [1.29, 1.82) is 0 Å². The third kappa shape index (κ3) is 3.85. The molecule has 138 valence electrons. The summed E-state index contributed by atoms with van der Waals surface area (Å²) in [6, 6.07) is 21.0. The van der Waals surface area contributed by atoms with Crippen LogP contribution in [0.25, 0.3) is 0 Å². The predicted octanol–water partition coefficient (Wildman–Crippen LogP) is 4.04. The van der Waals surface area contributed by atoms with Gasteiger partial charge in [-0.2, -0.15) is 4.31 Å². The predicted molar refractivity (Wildman–Crippen MR) is 105 cm³/mol. The summed E-state index contributed by atoms with van der Waals surface area (Å²) in [5.74, 6) is -0.0512. The first-order valence-corrected chi connectivity index (χ1v) is 9.73. The van der Waals surface area contributed by atoms with Crippen LogP contribution in [0, 0.1) is 6.92 Å². The minimum atomic E-state index is -4.08. The fourth-order valence-corrected chi connectivity index (χ4v) is 4.03. The van der Waals surface area contributed by atoms with Gasteiger partial charge in [0.1, 0.15) is 5.75 Å². The van der Waals surface area contributed by atoms with Crippen LogP contribution in [0.15, 0.2) is 83.8 Å². The topological polar surface area (TPSA) is 63.7 Å². The van der Waals surface area contributed by atoms with Crippen molar-refractivity contribution in [2.45, 2.75) is 11.8 Å². The zero-order chi connectivity index (χ0) is 19.4. The molecule has 0 aliphatic heterocycles. The average Bonchev–Trinajstić information content (AvgIpc) is 2.70. The Morgan fingerprint density at radius 2 is 1.44 bits per heavy atom. The number of methoxy groups -OCH3 is 1. The van der Waals surface area contributed by atoms with Gasteiger partial charge in [-0.15, -0.1) is 0 Å². The SMILES string of the molecule is COc1ccc(C(=O)N(c2ccc(C)cc2)S(=O)(=O)c2ccccc2)cc1. The lowest BCUT2D eigenvalue weighted by Gasteiger charge is -2.23. The van der Waals surface area contributed by atoms with E-state index in [0.29, 0.717) is 5.75 Å². The van der Waals surface area contributed by atoms with E-state index in [1.165, 1.54) is 19.2 Å². The van der Waals surface area contributed by atoms with Crippen LogP contribution in [-0.2, 0) is 10.0 Å². The van der Waals surface area contributed by atoms with Crippen LogP contribution >= 0.6 is 0 Å². The zero-order valence-corrected chi connectivity index (χ0v) is 15.8. The van der Waals surface area contributed by atoms with Crippen molar-refractivity contribution >= 4 is 21.6 Å². The second-order valence-electron chi connectivity index (χ2n) is 5.95. The van der Waals surface area contributed by atoms with Gasteiger partial charge in [0.15, 0.2) is 0 Å². The number of carbonyl (C=O) groups is 1. The quantitative estimate of drug-likeness (QED) is 0.669. The van der Waals surface area contributed by atoms with E-state index in [2.05, 4.69) is 0 Å². The van der Waals surface area contributed by atoms with Gasteiger partial charge in [0.2, 0.25) is 0 Å². The molecule has 3 rings (SSSR count). The van der Waals surface area contributed by atoms with Crippen LogP contribution in [0.2, 0.25) is 0 Å². The monoisotopic (exact) mass is 381 g/mol. The van der Waals surface area contributed by atoms with E-state index in [0.717, 1.165) is 9.87 Å². The smallest absolute Gasteiger partial charge is 0.272 e. The number of nitrogens with zero attached hydrogens (tertiary/aromatic N) is 1. The number of carbonyl (C=O) groups excluding carboxylic acids is 1. The first-order valence-electron chi connectivity index (χ1n) is 8.29. The Morgan fingerprint density at radius 3 is 2.00 bits per heavy atom. The minimum absolute atomic E-state index is 0.0486. The van der Waals surface area contributed by atoms with Crippen molar-refractivity contribution in [3.8, 4) is 5.75 Å². The van der Waals surface area contributed by atoms with Gasteiger partial charge < -0.3 is 4.74 Å². The van der Waals surface area contributed by atoms with Crippen LogP contribution in [0.1, 0.15) is 15.9 Å². The molecule has 0 fully saturated rings. The number of rotatable bonds is 5. The second kappa shape index (κ2) is 7.63. The van der Waals surface area contributed by atoms with Gasteiger partial charge in [-0.1, -0.05) is 35.9 Å². The Labute approximate surface area is 158 Å². The van der Waals surface area contributed by atoms with Gasteiger partial charge in [0.25, 0.3) is 15.9 Å². The lowest BCUT2D eigenvalue weighted by atomic mass is 10.2. The zero-order valence-electron chi connectivity index (χ0n) is 15.0. The number of ether oxygens (including phenoxy) is 1. The molecule has 0 heterocycles. The van der Waals surface area contributed by atoms with Crippen molar-refractivity contribution in [1.82, 2.24) is 0 Å². The van der Waals surface area contributed by atoms with Gasteiger partial charge >= 0.3 is 0 Å². The average molecular weight is 381 g/mol. The Bertz CT molecular complexity index is 1030. The van der Waals surface area contributed by atoms with E-state index in [-0.39, 0.29) is 16.1 Å². The molecule has 5 nitrogen and oxygen atoms in total. The Morgan fingerprint density at radius 1 is 0.852 bits per heavy atom. The number of amides is 1. The molecule has 0 saturated carbocycles. The third-order valence-electron chi connectivity index (χ3n) is 4.07. The molecule has 1 amide bonds. The van der Waals surface area contributed by atoms with Crippen molar-refractivity contribution < 1.29 is 17.9 Å². The van der Waals surface area contributed by atoms with Crippen LogP contribution in [-0.4, -0.2) is 21.4 Å². The van der Waals surface area contributed by atoms with E-state index in [4.69, 9.17) is 4.74 Å². The minimum Gasteiger partial charge on any atom is -0.497 e. The van der Waals surface area contributed by atoms with Crippen molar-refractivity contribution in [2.75, 3.05) is 11.4 Å². The summed E-state index contributed by atoms with van der Waals surface area (Å²) in [5, 5.41) is 0. The Balaban J connectivity index is 2.12. The number of hydrogen-bond acceptors (Lipinski definition) is 4. The summed E-state index contributed by atoms with van der Waals surface area (Å²) >= 11 is 0. The molecule has 3 aromatic carbocycles. The number of benzene rings is 3. The lowest BCUT2D eigenvalue weighted by molar-refractivity contribution is 0.101. The van der Waals surface area contributed by atoms with Gasteiger partial charge in [0.05, 0.1) is 17.7 Å². The number of hydrogen-bond donors (Lipinski definition) is 0. The highest BCUT2D eigenvalue weighted by molar-refractivity contribution is 7.93. The highest BCUT2D eigenvalue weighted by atomic mass is 32.2. The van der Waals surface area contributed by atoms with Gasteiger partial charge in [-0.3, -0.25) is 4.79 Å². The summed E-state index contributed by atoms with van der Waals surface area (Å²) in [4.78, 5) is 13.2. The maximum absolute atomic E-state index is 13.2. The van der Waals surface area contributed by atoms with Crippen LogP contribution in [0.4, 0.5) is 5.69 Å². The molecule has 0 aromatic heterocycles. The highest BCUT2D eigenvalue weighted by Gasteiger charge is 2.31. The molecular weight excluding hydrogens is 362 g/mol. The van der Waals surface area contributed by atoms with E-state index in [1.54, 1.807) is 66.7 Å². The molecule has 0 radical (unpaired) electrons. The molecule has 0 saturated heterocycles. The molecule has 0 aliphatic carbocycles. The number of anilines is 1. The molecule has 0 aliphatic rings. The fourth-order valence-electron chi connectivity index (χ4n) is 2.59. The number of sulfonamides is 1. The van der Waals surface area contributed by atoms with E-state index in [9.17, 15) is 13.2 Å². The fraction of sp³-hybridized carbons (Fsp3) is 0.0952. The van der Waals surface area contributed by atoms with E-state index < -0.39 is 15.9 Å². The summed E-state index contributed by atoms with van der Waals surface area (Å²) in [7, 11) is -2.55. The molecule has 27 heavy (non-hydrogen) atoms. The maximum atomic E-state index is 13.2. The largest absolute Gasteiger partial charge is 0.497 e. The Kier molecular flexibility index (Phi) is 5.28. The molecule has 0 unspecified atom stereocenters. The summed E-state index contributed by atoms with van der Waals surface area (Å²) in [6.07, 6.45) is 0. The van der Waals surface area contributed by atoms with Crippen LogP contribution < -0.4 is 9.04 Å². The molecule has 6 heteroatoms. The van der Waals surface area contributed by atoms with Gasteiger partial charge in [0, 0.05) is 5.56 Å². The Hall–Kier alpha value is -3.12. The van der Waals surface area contributed by atoms with Crippen molar-refractivity contribution in [2.24, 2.45) is 0 Å². The first kappa shape index (κ1) is 18.7. The normalized spacial score (nSPS) is 11.0. The molecule has 0 spiro atoms. The first-order chi connectivity index (χ1) is 12.9. The van der Waals surface area contributed by atoms with Gasteiger partial charge in [-0.05, 0) is 55.5 Å². The molecule has 0 bridgehead atoms. The maximum Gasteiger partial charge on any atom is 0.272 e. The third-order valence-corrected chi connectivity index (χ3v) is 5.80. The molecule has 3 aromatic rings. The molecule has 0 atom stereocenters.